The average Bonchev–Trinajstić information content (AvgIpc) is 3.00. The van der Waals surface area contributed by atoms with E-state index in [-0.39, 0.29) is 0 Å². The molecule has 0 aliphatic rings. The molecular weight excluding hydrogens is 338 g/mol. The molecule has 5 nitrogen and oxygen atoms in total. The van der Waals surface area contributed by atoms with Crippen LogP contribution in [0.3, 0.4) is 0 Å². The average molecular weight is 361 g/mol. The lowest BCUT2D eigenvalue weighted by Gasteiger charge is -2.06. The van der Waals surface area contributed by atoms with Gasteiger partial charge >= 0.3 is 0 Å². The zero-order valence-electron chi connectivity index (χ0n) is 15.6. The van der Waals surface area contributed by atoms with Gasteiger partial charge in [0, 0.05) is 6.54 Å². The lowest BCUT2D eigenvalue weighted by Crippen LogP contribution is -2.32. The summed E-state index contributed by atoms with van der Waals surface area (Å²) in [5, 5.41) is 7.16. The molecule has 138 valence electrons. The van der Waals surface area contributed by atoms with Crippen molar-refractivity contribution in [2.75, 3.05) is 6.54 Å². The molecule has 0 fully saturated rings. The van der Waals surface area contributed by atoms with Crippen molar-refractivity contribution in [3.05, 3.63) is 83.2 Å². The van der Waals surface area contributed by atoms with Gasteiger partial charge < -0.3 is 5.32 Å². The van der Waals surface area contributed by atoms with Gasteiger partial charge in [0.15, 0.2) is 0 Å². The SMILES string of the molecule is Cc1nn(-c2ccccc2)c(C)c1C(=O)C(=O)NCCCc1ccccc1. The number of hydrogen-bond acceptors (Lipinski definition) is 3. The molecule has 3 aromatic rings. The Balaban J connectivity index is 1.63. The minimum Gasteiger partial charge on any atom is -0.349 e. The lowest BCUT2D eigenvalue weighted by atomic mass is 10.1. The van der Waals surface area contributed by atoms with Crippen LogP contribution in [0.1, 0.15) is 33.7 Å². The van der Waals surface area contributed by atoms with Crippen LogP contribution >= 0.6 is 0 Å². The van der Waals surface area contributed by atoms with E-state index in [1.807, 2.05) is 55.5 Å². The molecule has 1 N–H and O–H groups in total. The molecule has 0 bridgehead atoms. The highest BCUT2D eigenvalue weighted by atomic mass is 16.2. The topological polar surface area (TPSA) is 64.0 Å². The normalized spacial score (nSPS) is 10.6. The molecule has 3 rings (SSSR count). The number of benzene rings is 2. The van der Waals surface area contributed by atoms with Crippen LogP contribution in [0.25, 0.3) is 5.69 Å². The van der Waals surface area contributed by atoms with Gasteiger partial charge in [0.2, 0.25) is 0 Å². The lowest BCUT2D eigenvalue weighted by molar-refractivity contribution is -0.117. The van der Waals surface area contributed by atoms with Gasteiger partial charge in [-0.2, -0.15) is 5.10 Å². The second kappa shape index (κ2) is 8.45. The Morgan fingerprint density at radius 3 is 2.26 bits per heavy atom. The smallest absolute Gasteiger partial charge is 0.292 e. The van der Waals surface area contributed by atoms with E-state index in [1.165, 1.54) is 5.56 Å². The standard InChI is InChI=1S/C22H23N3O2/c1-16-20(17(2)25(24-16)19-13-7-4-8-14-19)21(26)22(27)23-15-9-12-18-10-5-3-6-11-18/h3-8,10-11,13-14H,9,12,15H2,1-2H3,(H,23,27). The highest BCUT2D eigenvalue weighted by molar-refractivity contribution is 6.43. The van der Waals surface area contributed by atoms with Gasteiger partial charge in [-0.3, -0.25) is 9.59 Å². The van der Waals surface area contributed by atoms with Crippen molar-refractivity contribution in [1.82, 2.24) is 15.1 Å². The summed E-state index contributed by atoms with van der Waals surface area (Å²) in [5.41, 5.74) is 3.68. The van der Waals surface area contributed by atoms with Crippen LogP contribution in [0.4, 0.5) is 0 Å². The first-order valence-corrected chi connectivity index (χ1v) is 9.06. The summed E-state index contributed by atoms with van der Waals surface area (Å²) in [4.78, 5) is 24.9. The predicted octanol–water partition coefficient (Wildman–Crippen LogP) is 3.42. The number of aromatic nitrogens is 2. The van der Waals surface area contributed by atoms with E-state index in [0.29, 0.717) is 23.5 Å². The fraction of sp³-hybridized carbons (Fsp3) is 0.227. The van der Waals surface area contributed by atoms with Gasteiger partial charge in [0.1, 0.15) is 0 Å². The van der Waals surface area contributed by atoms with Crippen LogP contribution < -0.4 is 5.32 Å². The van der Waals surface area contributed by atoms with Crippen molar-refractivity contribution in [2.24, 2.45) is 0 Å². The van der Waals surface area contributed by atoms with Crippen molar-refractivity contribution >= 4 is 11.7 Å². The number of para-hydroxylation sites is 1. The van der Waals surface area contributed by atoms with Crippen LogP contribution in [-0.2, 0) is 11.2 Å². The molecule has 0 atom stereocenters. The number of nitrogens with one attached hydrogen (secondary N) is 1. The Morgan fingerprint density at radius 2 is 1.59 bits per heavy atom. The third kappa shape index (κ3) is 4.31. The summed E-state index contributed by atoms with van der Waals surface area (Å²) in [6, 6.07) is 19.6. The van der Waals surface area contributed by atoms with Gasteiger partial charge in [-0.1, -0.05) is 48.5 Å². The summed E-state index contributed by atoms with van der Waals surface area (Å²) >= 11 is 0. The quantitative estimate of drug-likeness (QED) is 0.398. The first-order valence-electron chi connectivity index (χ1n) is 9.06. The largest absolute Gasteiger partial charge is 0.349 e. The molecule has 27 heavy (non-hydrogen) atoms. The summed E-state index contributed by atoms with van der Waals surface area (Å²) in [7, 11) is 0. The third-order valence-electron chi connectivity index (χ3n) is 4.50. The summed E-state index contributed by atoms with van der Waals surface area (Å²) in [6.07, 6.45) is 1.64. The fourth-order valence-electron chi connectivity index (χ4n) is 3.12. The molecule has 1 heterocycles. The molecule has 1 aromatic heterocycles. The second-order valence-electron chi connectivity index (χ2n) is 6.47. The Kier molecular flexibility index (Phi) is 5.81. The summed E-state index contributed by atoms with van der Waals surface area (Å²) < 4.78 is 1.70. The van der Waals surface area contributed by atoms with Crippen molar-refractivity contribution in [3.63, 3.8) is 0 Å². The molecule has 0 saturated heterocycles. The van der Waals surface area contributed by atoms with Gasteiger partial charge in [-0.05, 0) is 44.4 Å². The molecule has 0 aliphatic heterocycles. The molecule has 0 unspecified atom stereocenters. The first-order chi connectivity index (χ1) is 13.1. The van der Waals surface area contributed by atoms with Crippen molar-refractivity contribution in [2.45, 2.75) is 26.7 Å². The number of nitrogens with zero attached hydrogens (tertiary/aromatic N) is 2. The Hall–Kier alpha value is -3.21. The van der Waals surface area contributed by atoms with Crippen LogP contribution in [0.2, 0.25) is 0 Å². The monoisotopic (exact) mass is 361 g/mol. The van der Waals surface area contributed by atoms with Gasteiger partial charge in [0.25, 0.3) is 11.7 Å². The molecule has 0 saturated carbocycles. The summed E-state index contributed by atoms with van der Waals surface area (Å²) in [6.45, 7) is 4.02. The molecule has 0 radical (unpaired) electrons. The molecule has 1 amide bonds. The maximum atomic E-state index is 12.6. The molecule has 0 aliphatic carbocycles. The van der Waals surface area contributed by atoms with E-state index in [2.05, 4.69) is 22.5 Å². The maximum Gasteiger partial charge on any atom is 0.292 e. The number of carbonyl (C=O) groups is 2. The molecular formula is C22H23N3O2. The van der Waals surface area contributed by atoms with Crippen LogP contribution in [0.15, 0.2) is 60.7 Å². The predicted molar refractivity (Wildman–Crippen MR) is 105 cm³/mol. The van der Waals surface area contributed by atoms with Crippen LogP contribution in [0, 0.1) is 13.8 Å². The number of amides is 1. The number of hydrogen-bond donors (Lipinski definition) is 1. The molecule has 2 aromatic carbocycles. The minimum absolute atomic E-state index is 0.374. The van der Waals surface area contributed by atoms with Gasteiger partial charge in [-0.15, -0.1) is 0 Å². The minimum atomic E-state index is -0.582. The Bertz CT molecular complexity index is 931. The number of rotatable bonds is 7. The first kappa shape index (κ1) is 18.6. The number of aryl methyl sites for hydroxylation is 2. The zero-order valence-corrected chi connectivity index (χ0v) is 15.6. The number of Topliss-reactive ketones (excluding diaryl/α,β-unsaturated/α-hetero) is 1. The maximum absolute atomic E-state index is 12.6. The third-order valence-corrected chi connectivity index (χ3v) is 4.50. The summed E-state index contributed by atoms with van der Waals surface area (Å²) in [5.74, 6) is -1.12. The van der Waals surface area contributed by atoms with E-state index in [9.17, 15) is 9.59 Å². The number of ketones is 1. The number of carbonyl (C=O) groups excluding carboxylic acids is 2. The highest BCUT2D eigenvalue weighted by Crippen LogP contribution is 2.18. The van der Waals surface area contributed by atoms with E-state index >= 15 is 0 Å². The van der Waals surface area contributed by atoms with Crippen molar-refractivity contribution in [1.29, 1.82) is 0 Å². The van der Waals surface area contributed by atoms with Crippen LogP contribution in [0.5, 0.6) is 0 Å². The van der Waals surface area contributed by atoms with Crippen molar-refractivity contribution < 1.29 is 9.59 Å². The van der Waals surface area contributed by atoms with Crippen molar-refractivity contribution in [3.8, 4) is 5.69 Å². The fourth-order valence-corrected chi connectivity index (χ4v) is 3.12. The van der Waals surface area contributed by atoms with E-state index in [0.717, 1.165) is 18.5 Å². The Labute approximate surface area is 159 Å². The zero-order chi connectivity index (χ0) is 19.2. The molecule has 0 spiro atoms. The Morgan fingerprint density at radius 1 is 0.963 bits per heavy atom. The van der Waals surface area contributed by atoms with Gasteiger partial charge in [0.05, 0.1) is 22.6 Å². The molecule has 5 heteroatoms. The van der Waals surface area contributed by atoms with E-state index < -0.39 is 11.7 Å². The van der Waals surface area contributed by atoms with Crippen LogP contribution in [-0.4, -0.2) is 28.0 Å². The van der Waals surface area contributed by atoms with E-state index in [1.54, 1.807) is 11.6 Å². The second-order valence-corrected chi connectivity index (χ2v) is 6.47. The van der Waals surface area contributed by atoms with E-state index in [4.69, 9.17) is 0 Å². The highest BCUT2D eigenvalue weighted by Gasteiger charge is 2.24. The van der Waals surface area contributed by atoms with Gasteiger partial charge in [-0.25, -0.2) is 4.68 Å².